The summed E-state index contributed by atoms with van der Waals surface area (Å²) in [5.74, 6) is 0.647. The summed E-state index contributed by atoms with van der Waals surface area (Å²) >= 11 is 1.55. The van der Waals surface area contributed by atoms with Crippen molar-refractivity contribution in [1.29, 1.82) is 0 Å². The zero-order valence-corrected chi connectivity index (χ0v) is 13.8. The molecule has 21 heavy (non-hydrogen) atoms. The maximum atomic E-state index is 11.5. The van der Waals surface area contributed by atoms with Crippen LogP contribution in [0.1, 0.15) is 36.8 Å². The molecule has 0 atom stereocenters. The lowest BCUT2D eigenvalue weighted by Gasteiger charge is -2.20. The van der Waals surface area contributed by atoms with Gasteiger partial charge in [-0.15, -0.1) is 0 Å². The number of carbonyl (C=O) groups is 1. The lowest BCUT2D eigenvalue weighted by atomic mass is 10.1. The predicted octanol–water partition coefficient (Wildman–Crippen LogP) is 3.04. The van der Waals surface area contributed by atoms with Gasteiger partial charge in [0, 0.05) is 13.1 Å². The van der Waals surface area contributed by atoms with Crippen LogP contribution in [0.4, 0.5) is 0 Å². The fraction of sp³-hybridized carbons (Fsp3) is 0.588. The molecule has 1 N–H and O–H groups in total. The van der Waals surface area contributed by atoms with E-state index in [1.54, 1.807) is 11.8 Å². The third kappa shape index (κ3) is 6.10. The van der Waals surface area contributed by atoms with Crippen LogP contribution in [0.25, 0.3) is 0 Å². The highest BCUT2D eigenvalue weighted by Crippen LogP contribution is 2.14. The van der Waals surface area contributed by atoms with E-state index in [1.807, 2.05) is 6.26 Å². The van der Waals surface area contributed by atoms with Crippen LogP contribution in [-0.4, -0.2) is 35.9 Å². The maximum absolute atomic E-state index is 11.5. The molecule has 0 radical (unpaired) electrons. The number of rotatable bonds is 6. The average molecular weight is 306 g/mol. The van der Waals surface area contributed by atoms with Crippen molar-refractivity contribution in [2.24, 2.45) is 0 Å². The summed E-state index contributed by atoms with van der Waals surface area (Å²) in [5.41, 5.74) is 2.55. The minimum atomic E-state index is 0.112. The highest BCUT2D eigenvalue weighted by Gasteiger charge is 2.09. The van der Waals surface area contributed by atoms with E-state index in [0.29, 0.717) is 12.3 Å². The van der Waals surface area contributed by atoms with Gasteiger partial charge in [0.1, 0.15) is 0 Å². The van der Waals surface area contributed by atoms with Gasteiger partial charge < -0.3 is 5.32 Å². The number of thioether (sulfide) groups is 1. The van der Waals surface area contributed by atoms with Crippen LogP contribution < -0.4 is 5.32 Å². The van der Waals surface area contributed by atoms with Crippen molar-refractivity contribution < 1.29 is 4.79 Å². The number of likely N-dealkylation sites (tertiary alicyclic amines) is 1. The van der Waals surface area contributed by atoms with Crippen molar-refractivity contribution >= 4 is 17.7 Å². The van der Waals surface area contributed by atoms with Gasteiger partial charge in [-0.05, 0) is 43.3 Å². The van der Waals surface area contributed by atoms with Crippen LogP contribution in [0.15, 0.2) is 24.3 Å². The van der Waals surface area contributed by atoms with Gasteiger partial charge in [0.05, 0.1) is 5.75 Å². The Hall–Kier alpha value is -1.00. The molecule has 1 aromatic carbocycles. The standard InChI is InChI=1S/C17H26N2OS/c1-21-14-17(20)18-12-15-7-6-8-16(11-15)13-19-9-4-2-3-5-10-19/h6-8,11H,2-5,9-10,12-14H2,1H3,(H,18,20). The van der Waals surface area contributed by atoms with Crippen molar-refractivity contribution in [1.82, 2.24) is 10.2 Å². The van der Waals surface area contributed by atoms with Gasteiger partial charge in [0.15, 0.2) is 0 Å². The Morgan fingerprint density at radius 3 is 2.62 bits per heavy atom. The first-order chi connectivity index (χ1) is 10.3. The third-order valence-electron chi connectivity index (χ3n) is 3.86. The number of hydrogen-bond donors (Lipinski definition) is 1. The smallest absolute Gasteiger partial charge is 0.230 e. The fourth-order valence-corrected chi connectivity index (χ4v) is 3.14. The molecule has 0 bridgehead atoms. The molecular weight excluding hydrogens is 280 g/mol. The largest absolute Gasteiger partial charge is 0.351 e. The molecule has 1 aliphatic rings. The topological polar surface area (TPSA) is 32.3 Å². The second-order valence-corrected chi connectivity index (χ2v) is 6.59. The quantitative estimate of drug-likeness (QED) is 0.877. The Labute approximate surface area is 132 Å². The molecule has 1 aromatic rings. The van der Waals surface area contributed by atoms with Gasteiger partial charge in [-0.25, -0.2) is 0 Å². The Kier molecular flexibility index (Phi) is 7.10. The molecule has 0 unspecified atom stereocenters. The predicted molar refractivity (Wildman–Crippen MR) is 90.4 cm³/mol. The molecule has 1 amide bonds. The van der Waals surface area contributed by atoms with Crippen LogP contribution >= 0.6 is 11.8 Å². The molecule has 1 heterocycles. The summed E-state index contributed by atoms with van der Waals surface area (Å²) in [6, 6.07) is 8.61. The molecule has 3 nitrogen and oxygen atoms in total. The monoisotopic (exact) mass is 306 g/mol. The van der Waals surface area contributed by atoms with E-state index < -0.39 is 0 Å². The number of hydrogen-bond acceptors (Lipinski definition) is 3. The van der Waals surface area contributed by atoms with Crippen molar-refractivity contribution in [3.8, 4) is 0 Å². The summed E-state index contributed by atoms with van der Waals surface area (Å²) in [6.07, 6.45) is 7.34. The van der Waals surface area contributed by atoms with Crippen LogP contribution in [0.3, 0.4) is 0 Å². The highest BCUT2D eigenvalue weighted by atomic mass is 32.2. The van der Waals surface area contributed by atoms with Gasteiger partial charge in [-0.2, -0.15) is 11.8 Å². The van der Waals surface area contributed by atoms with E-state index in [4.69, 9.17) is 0 Å². The first kappa shape index (κ1) is 16.4. The second kappa shape index (κ2) is 9.11. The van der Waals surface area contributed by atoms with Crippen LogP contribution in [0, 0.1) is 0 Å². The summed E-state index contributed by atoms with van der Waals surface area (Å²) < 4.78 is 0. The molecule has 1 saturated heterocycles. The number of benzene rings is 1. The molecule has 1 aliphatic heterocycles. The molecule has 4 heteroatoms. The third-order valence-corrected chi connectivity index (χ3v) is 4.41. The number of carbonyl (C=O) groups excluding carboxylic acids is 1. The molecule has 1 fully saturated rings. The van der Waals surface area contributed by atoms with Crippen molar-refractivity contribution in [2.45, 2.75) is 38.8 Å². The maximum Gasteiger partial charge on any atom is 0.230 e. The zero-order valence-electron chi connectivity index (χ0n) is 12.9. The number of nitrogens with zero attached hydrogens (tertiary/aromatic N) is 1. The summed E-state index contributed by atoms with van der Waals surface area (Å²) in [6.45, 7) is 4.10. The second-order valence-electron chi connectivity index (χ2n) is 5.72. The van der Waals surface area contributed by atoms with E-state index >= 15 is 0 Å². The van der Waals surface area contributed by atoms with Crippen LogP contribution in [-0.2, 0) is 17.9 Å². The Bertz CT molecular complexity index is 442. The minimum absolute atomic E-state index is 0.112. The van der Waals surface area contributed by atoms with Crippen LogP contribution in [0.5, 0.6) is 0 Å². The Balaban J connectivity index is 1.86. The molecule has 0 saturated carbocycles. The molecule has 116 valence electrons. The van der Waals surface area contributed by atoms with Gasteiger partial charge in [-0.3, -0.25) is 9.69 Å². The molecule has 0 aromatic heterocycles. The molecule has 2 rings (SSSR count). The Morgan fingerprint density at radius 1 is 1.19 bits per heavy atom. The number of amides is 1. The van der Waals surface area contributed by atoms with Gasteiger partial charge in [-0.1, -0.05) is 37.1 Å². The van der Waals surface area contributed by atoms with Gasteiger partial charge >= 0.3 is 0 Å². The van der Waals surface area contributed by atoms with E-state index in [-0.39, 0.29) is 5.91 Å². The van der Waals surface area contributed by atoms with Crippen molar-refractivity contribution in [3.63, 3.8) is 0 Å². The average Bonchev–Trinajstić information content (AvgIpc) is 2.75. The summed E-state index contributed by atoms with van der Waals surface area (Å²) in [5, 5.41) is 2.97. The van der Waals surface area contributed by atoms with E-state index in [9.17, 15) is 4.79 Å². The number of nitrogens with one attached hydrogen (secondary N) is 1. The molecular formula is C17H26N2OS. The van der Waals surface area contributed by atoms with Gasteiger partial charge in [0.25, 0.3) is 0 Å². The molecule has 0 spiro atoms. The lowest BCUT2D eigenvalue weighted by molar-refractivity contribution is -0.118. The van der Waals surface area contributed by atoms with Crippen LogP contribution in [0.2, 0.25) is 0 Å². The van der Waals surface area contributed by atoms with Crippen molar-refractivity contribution in [2.75, 3.05) is 25.1 Å². The summed E-state index contributed by atoms with van der Waals surface area (Å²) in [7, 11) is 0. The first-order valence-corrected chi connectivity index (χ1v) is 9.23. The highest BCUT2D eigenvalue weighted by molar-refractivity contribution is 7.99. The lowest BCUT2D eigenvalue weighted by Crippen LogP contribution is -2.25. The van der Waals surface area contributed by atoms with E-state index in [2.05, 4.69) is 34.5 Å². The Morgan fingerprint density at radius 2 is 1.90 bits per heavy atom. The minimum Gasteiger partial charge on any atom is -0.351 e. The van der Waals surface area contributed by atoms with E-state index in [1.165, 1.54) is 49.9 Å². The van der Waals surface area contributed by atoms with Gasteiger partial charge in [0.2, 0.25) is 5.91 Å². The fourth-order valence-electron chi connectivity index (χ4n) is 2.77. The zero-order chi connectivity index (χ0) is 14.9. The first-order valence-electron chi connectivity index (χ1n) is 7.84. The SMILES string of the molecule is CSCC(=O)NCc1cccc(CN2CCCCCC2)c1. The molecule has 0 aliphatic carbocycles. The van der Waals surface area contributed by atoms with E-state index in [0.717, 1.165) is 6.54 Å². The summed E-state index contributed by atoms with van der Waals surface area (Å²) in [4.78, 5) is 14.1. The van der Waals surface area contributed by atoms with Crippen molar-refractivity contribution in [3.05, 3.63) is 35.4 Å². The normalized spacial score (nSPS) is 16.4.